The summed E-state index contributed by atoms with van der Waals surface area (Å²) in [6, 6.07) is 9.33. The van der Waals surface area contributed by atoms with Crippen LogP contribution in [0.25, 0.3) is 0 Å². The lowest BCUT2D eigenvalue weighted by molar-refractivity contribution is 0.425. The maximum absolute atomic E-state index is 5.90. The van der Waals surface area contributed by atoms with E-state index in [2.05, 4.69) is 38.2 Å². The SMILES string of the molecule is CCCCC(Cc1ccc(Cl)cc1)NC(C)C. The summed E-state index contributed by atoms with van der Waals surface area (Å²) >= 11 is 5.90. The molecule has 0 radical (unpaired) electrons. The number of halogens is 1. The highest BCUT2D eigenvalue weighted by Gasteiger charge is 2.10. The Morgan fingerprint density at radius 1 is 1.18 bits per heavy atom. The van der Waals surface area contributed by atoms with E-state index < -0.39 is 0 Å². The van der Waals surface area contributed by atoms with E-state index in [4.69, 9.17) is 11.6 Å². The molecule has 0 saturated carbocycles. The molecule has 0 amide bonds. The molecule has 1 atom stereocenters. The third-order valence-electron chi connectivity index (χ3n) is 2.87. The van der Waals surface area contributed by atoms with Crippen LogP contribution in [0.2, 0.25) is 5.02 Å². The Morgan fingerprint density at radius 2 is 1.82 bits per heavy atom. The van der Waals surface area contributed by atoms with E-state index in [1.807, 2.05) is 12.1 Å². The Morgan fingerprint density at radius 3 is 2.35 bits per heavy atom. The number of nitrogens with one attached hydrogen (secondary N) is 1. The zero-order chi connectivity index (χ0) is 12.7. The lowest BCUT2D eigenvalue weighted by atomic mass is 10.0. The van der Waals surface area contributed by atoms with Crippen molar-refractivity contribution in [2.75, 3.05) is 0 Å². The molecule has 1 nitrogen and oxygen atoms in total. The van der Waals surface area contributed by atoms with Gasteiger partial charge in [-0.1, -0.05) is 57.3 Å². The standard InChI is InChI=1S/C15H24ClN/c1-4-5-6-15(17-12(2)3)11-13-7-9-14(16)10-8-13/h7-10,12,15,17H,4-6,11H2,1-3H3. The van der Waals surface area contributed by atoms with Crippen LogP contribution in [0.4, 0.5) is 0 Å². The predicted octanol–water partition coefficient (Wildman–Crippen LogP) is 4.44. The number of benzene rings is 1. The van der Waals surface area contributed by atoms with Gasteiger partial charge in [-0.3, -0.25) is 0 Å². The van der Waals surface area contributed by atoms with Crippen molar-refractivity contribution in [2.24, 2.45) is 0 Å². The van der Waals surface area contributed by atoms with Crippen LogP contribution < -0.4 is 5.32 Å². The summed E-state index contributed by atoms with van der Waals surface area (Å²) in [4.78, 5) is 0. The molecule has 96 valence electrons. The molecule has 1 aromatic carbocycles. The molecule has 1 aromatic rings. The van der Waals surface area contributed by atoms with Crippen molar-refractivity contribution in [1.29, 1.82) is 0 Å². The van der Waals surface area contributed by atoms with Crippen LogP contribution in [0.1, 0.15) is 45.6 Å². The summed E-state index contributed by atoms with van der Waals surface area (Å²) in [6.07, 6.45) is 4.89. The molecule has 2 heteroatoms. The first-order valence-corrected chi connectivity index (χ1v) is 7.00. The predicted molar refractivity (Wildman–Crippen MR) is 76.7 cm³/mol. The summed E-state index contributed by atoms with van der Waals surface area (Å²) in [7, 11) is 0. The van der Waals surface area contributed by atoms with Crippen molar-refractivity contribution >= 4 is 11.6 Å². The molecule has 0 spiro atoms. The van der Waals surface area contributed by atoms with Crippen molar-refractivity contribution < 1.29 is 0 Å². The summed E-state index contributed by atoms with van der Waals surface area (Å²) < 4.78 is 0. The molecule has 0 heterocycles. The third-order valence-corrected chi connectivity index (χ3v) is 3.12. The first-order valence-electron chi connectivity index (χ1n) is 6.62. The third kappa shape index (κ3) is 6.09. The molecule has 0 bridgehead atoms. The van der Waals surface area contributed by atoms with E-state index in [1.165, 1.54) is 24.8 Å². The van der Waals surface area contributed by atoms with Crippen molar-refractivity contribution in [3.63, 3.8) is 0 Å². The zero-order valence-corrected chi connectivity index (χ0v) is 11.9. The highest BCUT2D eigenvalue weighted by molar-refractivity contribution is 6.30. The van der Waals surface area contributed by atoms with Gasteiger partial charge in [0.2, 0.25) is 0 Å². The molecule has 0 aromatic heterocycles. The van der Waals surface area contributed by atoms with Gasteiger partial charge in [-0.25, -0.2) is 0 Å². The first kappa shape index (κ1) is 14.5. The Hall–Kier alpha value is -0.530. The minimum Gasteiger partial charge on any atom is -0.311 e. The fourth-order valence-corrected chi connectivity index (χ4v) is 2.20. The van der Waals surface area contributed by atoms with E-state index in [1.54, 1.807) is 0 Å². The quantitative estimate of drug-likeness (QED) is 0.758. The fraction of sp³-hybridized carbons (Fsp3) is 0.600. The highest BCUT2D eigenvalue weighted by Crippen LogP contribution is 2.13. The van der Waals surface area contributed by atoms with Gasteiger partial charge in [-0.05, 0) is 30.5 Å². The first-order chi connectivity index (χ1) is 8.11. The van der Waals surface area contributed by atoms with E-state index in [-0.39, 0.29) is 0 Å². The van der Waals surface area contributed by atoms with Gasteiger partial charge < -0.3 is 5.32 Å². The second-order valence-electron chi connectivity index (χ2n) is 4.99. The van der Waals surface area contributed by atoms with Crippen LogP contribution in [0.15, 0.2) is 24.3 Å². The van der Waals surface area contributed by atoms with Gasteiger partial charge in [0.15, 0.2) is 0 Å². The van der Waals surface area contributed by atoms with Crippen LogP contribution in [-0.4, -0.2) is 12.1 Å². The van der Waals surface area contributed by atoms with Gasteiger partial charge in [-0.2, -0.15) is 0 Å². The van der Waals surface area contributed by atoms with Crippen molar-refractivity contribution in [3.8, 4) is 0 Å². The molecule has 0 saturated heterocycles. The highest BCUT2D eigenvalue weighted by atomic mass is 35.5. The van der Waals surface area contributed by atoms with E-state index in [0.29, 0.717) is 12.1 Å². The van der Waals surface area contributed by atoms with E-state index >= 15 is 0 Å². The van der Waals surface area contributed by atoms with Crippen LogP contribution in [0.5, 0.6) is 0 Å². The van der Waals surface area contributed by atoms with Gasteiger partial charge in [0.05, 0.1) is 0 Å². The van der Waals surface area contributed by atoms with Crippen molar-refractivity contribution in [1.82, 2.24) is 5.32 Å². The number of hydrogen-bond donors (Lipinski definition) is 1. The van der Waals surface area contributed by atoms with Gasteiger partial charge in [-0.15, -0.1) is 0 Å². The lowest BCUT2D eigenvalue weighted by Gasteiger charge is -2.21. The topological polar surface area (TPSA) is 12.0 Å². The maximum atomic E-state index is 5.90. The molecular formula is C15H24ClN. The number of rotatable bonds is 7. The molecule has 0 aliphatic heterocycles. The van der Waals surface area contributed by atoms with Crippen molar-refractivity contribution in [3.05, 3.63) is 34.9 Å². The average Bonchev–Trinajstić information content (AvgIpc) is 2.28. The van der Waals surface area contributed by atoms with E-state index in [9.17, 15) is 0 Å². The summed E-state index contributed by atoms with van der Waals surface area (Å²) in [5.74, 6) is 0. The van der Waals surface area contributed by atoms with Gasteiger partial charge in [0, 0.05) is 17.1 Å². The monoisotopic (exact) mass is 253 g/mol. The molecule has 0 aliphatic carbocycles. The Labute approximate surface area is 111 Å². The van der Waals surface area contributed by atoms with Crippen LogP contribution >= 0.6 is 11.6 Å². The molecule has 0 aliphatic rings. The van der Waals surface area contributed by atoms with Crippen LogP contribution in [0.3, 0.4) is 0 Å². The summed E-state index contributed by atoms with van der Waals surface area (Å²) in [5.41, 5.74) is 1.36. The maximum Gasteiger partial charge on any atom is 0.0406 e. The smallest absolute Gasteiger partial charge is 0.0406 e. The second kappa shape index (κ2) is 7.73. The van der Waals surface area contributed by atoms with Gasteiger partial charge in [0.1, 0.15) is 0 Å². The molecule has 1 rings (SSSR count). The minimum atomic E-state index is 0.546. The number of hydrogen-bond acceptors (Lipinski definition) is 1. The van der Waals surface area contributed by atoms with Gasteiger partial charge in [0.25, 0.3) is 0 Å². The molecule has 17 heavy (non-hydrogen) atoms. The average molecular weight is 254 g/mol. The largest absolute Gasteiger partial charge is 0.311 e. The molecule has 0 fully saturated rings. The Kier molecular flexibility index (Phi) is 6.61. The minimum absolute atomic E-state index is 0.546. The van der Waals surface area contributed by atoms with Crippen molar-refractivity contribution in [2.45, 2.75) is 58.5 Å². The summed E-state index contributed by atoms with van der Waals surface area (Å²) in [6.45, 7) is 6.66. The summed E-state index contributed by atoms with van der Waals surface area (Å²) in [5, 5.41) is 4.46. The van der Waals surface area contributed by atoms with Crippen LogP contribution in [0, 0.1) is 0 Å². The molecule has 1 unspecified atom stereocenters. The second-order valence-corrected chi connectivity index (χ2v) is 5.43. The van der Waals surface area contributed by atoms with Crippen LogP contribution in [-0.2, 0) is 6.42 Å². The lowest BCUT2D eigenvalue weighted by Crippen LogP contribution is -2.36. The number of unbranched alkanes of at least 4 members (excludes halogenated alkanes) is 1. The normalized spacial score (nSPS) is 13.0. The molecule has 1 N–H and O–H groups in total. The van der Waals surface area contributed by atoms with Gasteiger partial charge >= 0.3 is 0 Å². The Bertz CT molecular complexity index is 305. The zero-order valence-electron chi connectivity index (χ0n) is 11.2. The van der Waals surface area contributed by atoms with E-state index in [0.717, 1.165) is 11.4 Å². The molecular weight excluding hydrogens is 230 g/mol. The Balaban J connectivity index is 2.54. The fourth-order valence-electron chi connectivity index (χ4n) is 2.07.